The van der Waals surface area contributed by atoms with Gasteiger partial charge in [0.2, 0.25) is 0 Å². The number of allylic oxidation sites excluding steroid dienone is 1. The fourth-order valence-corrected chi connectivity index (χ4v) is 0.622. The summed E-state index contributed by atoms with van der Waals surface area (Å²) in [6.45, 7) is 7.67. The van der Waals surface area contributed by atoms with Gasteiger partial charge in [0.15, 0.2) is 0 Å². The van der Waals surface area contributed by atoms with Gasteiger partial charge in [-0.1, -0.05) is 6.58 Å². The van der Waals surface area contributed by atoms with Crippen LogP contribution in [0.15, 0.2) is 19.0 Å². The van der Waals surface area contributed by atoms with Crippen LogP contribution in [0, 0.1) is 6.92 Å². The topological polar surface area (TPSA) is 17.8 Å². The van der Waals surface area contributed by atoms with Crippen molar-refractivity contribution in [2.45, 2.75) is 13.8 Å². The molecule has 0 amide bonds. The fraction of sp³-hybridized carbons (Fsp3) is 0.286. The molecule has 1 aromatic heterocycles. The third-order valence-corrected chi connectivity index (χ3v) is 1.10. The molecule has 0 radical (unpaired) electrons. The number of hydrogen-bond donors (Lipinski definition) is 0. The van der Waals surface area contributed by atoms with Gasteiger partial charge in [-0.05, 0) is 19.4 Å². The second kappa shape index (κ2) is 2.05. The third kappa shape index (κ3) is 1.19. The Balaban J connectivity index is 2.98. The van der Waals surface area contributed by atoms with Gasteiger partial charge < -0.3 is 0 Å². The summed E-state index contributed by atoms with van der Waals surface area (Å²) in [4.78, 5) is 0. The van der Waals surface area contributed by atoms with E-state index in [9.17, 15) is 0 Å². The highest BCUT2D eigenvalue weighted by Crippen LogP contribution is 1.99. The molecule has 1 rings (SSSR count). The predicted molar refractivity (Wildman–Crippen MR) is 38.0 cm³/mol. The van der Waals surface area contributed by atoms with Gasteiger partial charge in [0, 0.05) is 11.9 Å². The van der Waals surface area contributed by atoms with Crippen molar-refractivity contribution in [3.63, 3.8) is 0 Å². The van der Waals surface area contributed by atoms with E-state index in [-0.39, 0.29) is 0 Å². The van der Waals surface area contributed by atoms with Gasteiger partial charge in [0.25, 0.3) is 0 Å². The first kappa shape index (κ1) is 6.08. The molecule has 0 aliphatic carbocycles. The van der Waals surface area contributed by atoms with Crippen LogP contribution in [0.2, 0.25) is 0 Å². The van der Waals surface area contributed by atoms with Crippen LogP contribution in [-0.2, 0) is 0 Å². The summed E-state index contributed by atoms with van der Waals surface area (Å²) >= 11 is 0. The second-order valence-electron chi connectivity index (χ2n) is 2.20. The number of hydrogen-bond acceptors (Lipinski definition) is 1. The maximum atomic E-state index is 4.03. The normalized spacial score (nSPS) is 9.56. The smallest absolute Gasteiger partial charge is 0.0523 e. The molecule has 0 atom stereocenters. The standard InChI is InChI=1S/C7H10N2/c1-6(2)9-5-7(3)4-8-9/h4-5H,1H2,2-3H3. The van der Waals surface area contributed by atoms with E-state index in [1.807, 2.05) is 26.2 Å². The molecule has 0 spiro atoms. The molecule has 0 aliphatic heterocycles. The summed E-state index contributed by atoms with van der Waals surface area (Å²) in [6.07, 6.45) is 3.76. The lowest BCUT2D eigenvalue weighted by molar-refractivity contribution is 0.898. The molecule has 2 heteroatoms. The van der Waals surface area contributed by atoms with Gasteiger partial charge in [0.05, 0.1) is 6.20 Å². The molecule has 0 bridgehead atoms. The minimum Gasteiger partial charge on any atom is -0.246 e. The van der Waals surface area contributed by atoms with Gasteiger partial charge in [-0.15, -0.1) is 0 Å². The van der Waals surface area contributed by atoms with Gasteiger partial charge in [0.1, 0.15) is 0 Å². The monoisotopic (exact) mass is 122 g/mol. The Labute approximate surface area is 54.8 Å². The Morgan fingerprint density at radius 3 is 2.67 bits per heavy atom. The Morgan fingerprint density at radius 1 is 1.78 bits per heavy atom. The van der Waals surface area contributed by atoms with Crippen LogP contribution in [0.3, 0.4) is 0 Å². The molecule has 9 heavy (non-hydrogen) atoms. The molecule has 0 saturated carbocycles. The van der Waals surface area contributed by atoms with Crippen LogP contribution in [-0.4, -0.2) is 9.78 Å². The first-order valence-corrected chi connectivity index (χ1v) is 2.87. The van der Waals surface area contributed by atoms with Crippen molar-refractivity contribution in [1.29, 1.82) is 0 Å². The van der Waals surface area contributed by atoms with Crippen LogP contribution in [0.25, 0.3) is 5.70 Å². The molecule has 48 valence electrons. The molecule has 0 aromatic carbocycles. The Bertz CT molecular complexity index is 223. The lowest BCUT2D eigenvalue weighted by Crippen LogP contribution is -1.90. The maximum absolute atomic E-state index is 4.03. The van der Waals surface area contributed by atoms with Crippen molar-refractivity contribution < 1.29 is 0 Å². The maximum Gasteiger partial charge on any atom is 0.0523 e. The Hall–Kier alpha value is -1.05. The molecule has 2 nitrogen and oxygen atoms in total. The molecule has 1 heterocycles. The molecule has 0 fully saturated rings. The van der Waals surface area contributed by atoms with Crippen molar-refractivity contribution in [1.82, 2.24) is 9.78 Å². The van der Waals surface area contributed by atoms with Crippen LogP contribution in [0.1, 0.15) is 12.5 Å². The van der Waals surface area contributed by atoms with Crippen LogP contribution in [0.5, 0.6) is 0 Å². The van der Waals surface area contributed by atoms with E-state index in [0.717, 1.165) is 11.3 Å². The molecule has 0 saturated heterocycles. The first-order valence-electron chi connectivity index (χ1n) is 2.87. The fourth-order valence-electron chi connectivity index (χ4n) is 0.622. The highest BCUT2D eigenvalue weighted by Gasteiger charge is 1.90. The number of rotatable bonds is 1. The SMILES string of the molecule is C=C(C)n1cc(C)cn1. The lowest BCUT2D eigenvalue weighted by Gasteiger charge is -1.93. The van der Waals surface area contributed by atoms with Crippen molar-refractivity contribution >= 4 is 5.70 Å². The zero-order chi connectivity index (χ0) is 6.85. The summed E-state index contributed by atoms with van der Waals surface area (Å²) in [7, 11) is 0. The zero-order valence-electron chi connectivity index (χ0n) is 5.76. The molecular formula is C7H10N2. The quantitative estimate of drug-likeness (QED) is 0.554. The van der Waals surface area contributed by atoms with E-state index in [1.165, 1.54) is 0 Å². The summed E-state index contributed by atoms with van der Waals surface area (Å²) in [5, 5.41) is 4.03. The van der Waals surface area contributed by atoms with E-state index in [4.69, 9.17) is 0 Å². The minimum atomic E-state index is 0.947. The van der Waals surface area contributed by atoms with Crippen molar-refractivity contribution in [2.24, 2.45) is 0 Å². The third-order valence-electron chi connectivity index (χ3n) is 1.10. The predicted octanol–water partition coefficient (Wildman–Crippen LogP) is 1.68. The van der Waals surface area contributed by atoms with E-state index >= 15 is 0 Å². The van der Waals surface area contributed by atoms with E-state index < -0.39 is 0 Å². The van der Waals surface area contributed by atoms with Crippen molar-refractivity contribution in [3.05, 3.63) is 24.5 Å². The summed E-state index contributed by atoms with van der Waals surface area (Å²) in [5.41, 5.74) is 2.11. The Kier molecular flexibility index (Phi) is 1.39. The number of aryl methyl sites for hydroxylation is 1. The lowest BCUT2D eigenvalue weighted by atomic mass is 10.4. The molecule has 0 unspecified atom stereocenters. The van der Waals surface area contributed by atoms with E-state index in [0.29, 0.717) is 0 Å². The highest BCUT2D eigenvalue weighted by atomic mass is 15.3. The van der Waals surface area contributed by atoms with Gasteiger partial charge in [-0.2, -0.15) is 5.10 Å². The highest BCUT2D eigenvalue weighted by molar-refractivity contribution is 5.36. The summed E-state index contributed by atoms with van der Waals surface area (Å²) in [5.74, 6) is 0. The first-order chi connectivity index (χ1) is 4.20. The molecule has 1 aromatic rings. The van der Waals surface area contributed by atoms with Gasteiger partial charge >= 0.3 is 0 Å². The van der Waals surface area contributed by atoms with E-state index in [2.05, 4.69) is 11.7 Å². The average molecular weight is 122 g/mol. The number of nitrogens with zero attached hydrogens (tertiary/aromatic N) is 2. The molecule has 0 aliphatic rings. The van der Waals surface area contributed by atoms with Gasteiger partial charge in [-0.25, -0.2) is 4.68 Å². The second-order valence-corrected chi connectivity index (χ2v) is 2.20. The Morgan fingerprint density at radius 2 is 2.44 bits per heavy atom. The number of aromatic nitrogens is 2. The zero-order valence-corrected chi connectivity index (χ0v) is 5.76. The molecular weight excluding hydrogens is 112 g/mol. The average Bonchev–Trinajstić information content (AvgIpc) is 2.14. The van der Waals surface area contributed by atoms with Gasteiger partial charge in [-0.3, -0.25) is 0 Å². The minimum absolute atomic E-state index is 0.947. The van der Waals surface area contributed by atoms with Crippen LogP contribution in [0.4, 0.5) is 0 Å². The van der Waals surface area contributed by atoms with Crippen molar-refractivity contribution in [3.8, 4) is 0 Å². The molecule has 0 N–H and O–H groups in total. The van der Waals surface area contributed by atoms with Crippen LogP contribution < -0.4 is 0 Å². The summed E-state index contributed by atoms with van der Waals surface area (Å²) < 4.78 is 1.76. The van der Waals surface area contributed by atoms with E-state index in [1.54, 1.807) is 4.68 Å². The summed E-state index contributed by atoms with van der Waals surface area (Å²) in [6, 6.07) is 0. The van der Waals surface area contributed by atoms with Crippen molar-refractivity contribution in [2.75, 3.05) is 0 Å². The van der Waals surface area contributed by atoms with Crippen LogP contribution >= 0.6 is 0 Å². The largest absolute Gasteiger partial charge is 0.246 e.